The smallest absolute Gasteiger partial charge is 0.126 e. The van der Waals surface area contributed by atoms with Crippen molar-refractivity contribution in [2.24, 2.45) is 0 Å². The fourth-order valence-electron chi connectivity index (χ4n) is 1.19. The number of rotatable bonds is 1. The molecule has 0 aromatic carbocycles. The maximum Gasteiger partial charge on any atom is 0.126 e. The molecule has 1 heterocycles. The van der Waals surface area contributed by atoms with Gasteiger partial charge in [-0.1, -0.05) is 6.08 Å². The van der Waals surface area contributed by atoms with Gasteiger partial charge in [-0.05, 0) is 19.3 Å². The minimum absolute atomic E-state index is 0.185. The molecule has 1 unspecified atom stereocenters. The van der Waals surface area contributed by atoms with Gasteiger partial charge in [0.2, 0.25) is 0 Å². The van der Waals surface area contributed by atoms with E-state index in [-0.39, 0.29) is 6.10 Å². The van der Waals surface area contributed by atoms with E-state index in [4.69, 9.17) is 4.74 Å². The van der Waals surface area contributed by atoms with Crippen LogP contribution < -0.4 is 0 Å². The summed E-state index contributed by atoms with van der Waals surface area (Å²) < 4.78 is 5.34. The van der Waals surface area contributed by atoms with Gasteiger partial charge in [-0.2, -0.15) is 0 Å². The molecule has 0 spiro atoms. The highest BCUT2D eigenvalue weighted by Gasteiger charge is 2.15. The molecule has 2 heteroatoms. The summed E-state index contributed by atoms with van der Waals surface area (Å²) in [6.45, 7) is 4.32. The minimum atomic E-state index is -0.185. The molecule has 1 aliphatic heterocycles. The summed E-state index contributed by atoms with van der Waals surface area (Å²) >= 11 is 0. The zero-order chi connectivity index (χ0) is 8.10. The summed E-state index contributed by atoms with van der Waals surface area (Å²) in [5.74, 6) is 1.92. The Bertz CT molecular complexity index is 190. The highest BCUT2D eigenvalue weighted by atomic mass is 16.5. The van der Waals surface area contributed by atoms with Crippen molar-refractivity contribution in [2.45, 2.75) is 25.4 Å². The maximum absolute atomic E-state index is 10.4. The van der Waals surface area contributed by atoms with Gasteiger partial charge in [0.1, 0.15) is 12.0 Å². The van der Waals surface area contributed by atoms with Gasteiger partial charge in [0.05, 0.1) is 0 Å². The van der Waals surface area contributed by atoms with E-state index < -0.39 is 0 Å². The van der Waals surface area contributed by atoms with Crippen molar-refractivity contribution in [1.82, 2.24) is 0 Å². The van der Waals surface area contributed by atoms with Gasteiger partial charge >= 0.3 is 0 Å². The van der Waals surface area contributed by atoms with Gasteiger partial charge in [0.15, 0.2) is 0 Å². The van der Waals surface area contributed by atoms with E-state index >= 15 is 0 Å². The highest BCUT2D eigenvalue weighted by Crippen LogP contribution is 2.17. The maximum atomic E-state index is 10.4. The minimum Gasteiger partial charge on any atom is -0.369 e. The Kier molecular flexibility index (Phi) is 3.09. The van der Waals surface area contributed by atoms with E-state index in [9.17, 15) is 4.79 Å². The van der Waals surface area contributed by atoms with Crippen molar-refractivity contribution in [3.63, 3.8) is 0 Å². The fraction of sp³-hybridized carbons (Fsp3) is 0.556. The summed E-state index contributed by atoms with van der Waals surface area (Å²) in [7, 11) is 0. The molecule has 0 aromatic heterocycles. The van der Waals surface area contributed by atoms with Crippen LogP contribution in [0.4, 0.5) is 0 Å². The molecule has 1 atom stereocenters. The van der Waals surface area contributed by atoms with E-state index in [1.54, 1.807) is 6.08 Å². The monoisotopic (exact) mass is 152 g/mol. The predicted molar refractivity (Wildman–Crippen MR) is 43.0 cm³/mol. The lowest BCUT2D eigenvalue weighted by Gasteiger charge is -2.08. The largest absolute Gasteiger partial charge is 0.369 e. The molecule has 1 aliphatic rings. The molecule has 2 nitrogen and oxygen atoms in total. The van der Waals surface area contributed by atoms with Gasteiger partial charge in [-0.3, -0.25) is 0 Å². The first-order chi connectivity index (χ1) is 5.38. The summed E-state index contributed by atoms with van der Waals surface area (Å²) in [5, 5.41) is 0. The van der Waals surface area contributed by atoms with Crippen molar-refractivity contribution in [2.75, 3.05) is 6.61 Å². The SMILES string of the molecule is C=CC1OCCCCC1=C=O. The van der Waals surface area contributed by atoms with Gasteiger partial charge in [-0.15, -0.1) is 6.58 Å². The van der Waals surface area contributed by atoms with Crippen LogP contribution in [0, 0.1) is 0 Å². The molecule has 1 rings (SSSR count). The molecule has 0 aromatic rings. The van der Waals surface area contributed by atoms with Crippen LogP contribution in [0.25, 0.3) is 0 Å². The Morgan fingerprint density at radius 1 is 1.64 bits per heavy atom. The second-order valence-electron chi connectivity index (χ2n) is 2.61. The molecule has 0 saturated carbocycles. The van der Waals surface area contributed by atoms with Crippen LogP contribution >= 0.6 is 0 Å². The number of ether oxygens (including phenoxy) is 1. The van der Waals surface area contributed by atoms with Crippen molar-refractivity contribution < 1.29 is 9.53 Å². The lowest BCUT2D eigenvalue weighted by atomic mass is 10.1. The summed E-state index contributed by atoms with van der Waals surface area (Å²) in [6.07, 6.45) is 4.32. The van der Waals surface area contributed by atoms with E-state index in [0.29, 0.717) is 5.57 Å². The Balaban J connectivity index is 2.70. The number of hydrogen-bond acceptors (Lipinski definition) is 2. The summed E-state index contributed by atoms with van der Waals surface area (Å²) in [4.78, 5) is 10.4. The molecule has 1 fully saturated rings. The molecule has 60 valence electrons. The Hall–Kier alpha value is -0.850. The standard InChI is InChI=1S/C9H12O2/c1-2-9-8(7-10)5-3-4-6-11-9/h2,9H,1,3-6H2. The first kappa shape index (κ1) is 8.25. The van der Waals surface area contributed by atoms with Crippen LogP contribution in [0.2, 0.25) is 0 Å². The highest BCUT2D eigenvalue weighted by molar-refractivity contribution is 5.55. The molecular weight excluding hydrogens is 140 g/mol. The van der Waals surface area contributed by atoms with Gasteiger partial charge in [0, 0.05) is 12.2 Å². The third-order valence-corrected chi connectivity index (χ3v) is 1.83. The second kappa shape index (κ2) is 4.12. The number of hydrogen-bond donors (Lipinski definition) is 0. The Labute approximate surface area is 66.5 Å². The second-order valence-corrected chi connectivity index (χ2v) is 2.61. The third-order valence-electron chi connectivity index (χ3n) is 1.83. The van der Waals surface area contributed by atoms with E-state index in [2.05, 4.69) is 6.58 Å². The Morgan fingerprint density at radius 3 is 3.09 bits per heavy atom. The third kappa shape index (κ3) is 2.04. The molecule has 1 saturated heterocycles. The number of carbonyl (C=O) groups excluding carboxylic acids is 1. The van der Waals surface area contributed by atoms with Crippen LogP contribution in [0.15, 0.2) is 18.2 Å². The predicted octanol–water partition coefficient (Wildman–Crippen LogP) is 1.50. The van der Waals surface area contributed by atoms with E-state index in [0.717, 1.165) is 25.9 Å². The van der Waals surface area contributed by atoms with Crippen molar-refractivity contribution >= 4 is 5.94 Å². The molecule has 0 bridgehead atoms. The van der Waals surface area contributed by atoms with E-state index in [1.807, 2.05) is 5.94 Å². The van der Waals surface area contributed by atoms with Crippen molar-refractivity contribution in [1.29, 1.82) is 0 Å². The average Bonchev–Trinajstić information content (AvgIpc) is 2.27. The van der Waals surface area contributed by atoms with Gasteiger partial charge < -0.3 is 4.74 Å². The molecule has 11 heavy (non-hydrogen) atoms. The zero-order valence-corrected chi connectivity index (χ0v) is 6.51. The average molecular weight is 152 g/mol. The van der Waals surface area contributed by atoms with Crippen LogP contribution in [0.3, 0.4) is 0 Å². The lowest BCUT2D eigenvalue weighted by molar-refractivity contribution is 0.115. The summed E-state index contributed by atoms with van der Waals surface area (Å²) in [6, 6.07) is 0. The topological polar surface area (TPSA) is 26.3 Å². The van der Waals surface area contributed by atoms with Crippen LogP contribution in [-0.4, -0.2) is 18.7 Å². The van der Waals surface area contributed by atoms with Crippen molar-refractivity contribution in [3.8, 4) is 0 Å². The Morgan fingerprint density at radius 2 is 2.45 bits per heavy atom. The zero-order valence-electron chi connectivity index (χ0n) is 6.51. The first-order valence-corrected chi connectivity index (χ1v) is 3.86. The van der Waals surface area contributed by atoms with E-state index in [1.165, 1.54) is 0 Å². The van der Waals surface area contributed by atoms with Crippen molar-refractivity contribution in [3.05, 3.63) is 18.2 Å². The molecule has 0 N–H and O–H groups in total. The van der Waals surface area contributed by atoms with Gasteiger partial charge in [-0.25, -0.2) is 4.79 Å². The quantitative estimate of drug-likeness (QED) is 0.420. The van der Waals surface area contributed by atoms with Crippen LogP contribution in [0.5, 0.6) is 0 Å². The van der Waals surface area contributed by atoms with Crippen LogP contribution in [-0.2, 0) is 9.53 Å². The lowest BCUT2D eigenvalue weighted by Crippen LogP contribution is -2.11. The molecule has 0 amide bonds. The normalized spacial score (nSPS) is 25.5. The van der Waals surface area contributed by atoms with Gasteiger partial charge in [0.25, 0.3) is 0 Å². The summed E-state index contributed by atoms with van der Waals surface area (Å²) in [5.41, 5.74) is 0.706. The molecule has 0 radical (unpaired) electrons. The fourth-order valence-corrected chi connectivity index (χ4v) is 1.19. The molecular formula is C9H12O2. The first-order valence-electron chi connectivity index (χ1n) is 3.86. The van der Waals surface area contributed by atoms with Crippen LogP contribution in [0.1, 0.15) is 19.3 Å². The molecule has 0 aliphatic carbocycles.